The van der Waals surface area contributed by atoms with E-state index in [1.54, 1.807) is 4.90 Å². The SMILES string of the molecule is CCCC(CC(C)(C)C)(CC(C)(C)C)OC(O)N(C)C. The topological polar surface area (TPSA) is 32.7 Å². The first-order valence-electron chi connectivity index (χ1n) is 7.83. The summed E-state index contributed by atoms with van der Waals surface area (Å²) in [6.07, 6.45) is 3.11. The van der Waals surface area contributed by atoms with Gasteiger partial charge in [-0.2, -0.15) is 0 Å². The highest BCUT2D eigenvalue weighted by molar-refractivity contribution is 4.89. The number of hydrogen-bond donors (Lipinski definition) is 1. The van der Waals surface area contributed by atoms with Crippen molar-refractivity contribution >= 4 is 0 Å². The molecule has 20 heavy (non-hydrogen) atoms. The van der Waals surface area contributed by atoms with Gasteiger partial charge in [0, 0.05) is 0 Å². The zero-order valence-corrected chi connectivity index (χ0v) is 15.2. The summed E-state index contributed by atoms with van der Waals surface area (Å²) in [7, 11) is 3.69. The highest BCUT2D eigenvalue weighted by atomic mass is 16.6. The fraction of sp³-hybridized carbons (Fsp3) is 1.00. The van der Waals surface area contributed by atoms with Gasteiger partial charge in [-0.1, -0.05) is 54.9 Å². The standard InChI is InChI=1S/C17H37NO2/c1-10-11-17(12-15(2,3)4,13-16(5,6)7)20-14(19)18(8)9/h14,19H,10-13H2,1-9H3. The van der Waals surface area contributed by atoms with Crippen LogP contribution in [0.5, 0.6) is 0 Å². The van der Waals surface area contributed by atoms with Crippen LogP contribution >= 0.6 is 0 Å². The van der Waals surface area contributed by atoms with Gasteiger partial charge >= 0.3 is 0 Å². The molecule has 0 aromatic carbocycles. The highest BCUT2D eigenvalue weighted by Crippen LogP contribution is 2.42. The molecule has 3 heteroatoms. The van der Waals surface area contributed by atoms with E-state index in [0.717, 1.165) is 25.7 Å². The molecular weight excluding hydrogens is 250 g/mol. The van der Waals surface area contributed by atoms with Crippen LogP contribution in [0.3, 0.4) is 0 Å². The largest absolute Gasteiger partial charge is 0.356 e. The van der Waals surface area contributed by atoms with E-state index < -0.39 is 6.41 Å². The van der Waals surface area contributed by atoms with Crippen LogP contribution in [0.2, 0.25) is 0 Å². The van der Waals surface area contributed by atoms with Crippen molar-refractivity contribution in [1.82, 2.24) is 4.90 Å². The van der Waals surface area contributed by atoms with Gasteiger partial charge in [0.15, 0.2) is 0 Å². The number of hydrogen-bond acceptors (Lipinski definition) is 3. The van der Waals surface area contributed by atoms with Crippen molar-refractivity contribution in [2.75, 3.05) is 14.1 Å². The number of aliphatic hydroxyl groups is 1. The Balaban J connectivity index is 5.32. The molecule has 1 unspecified atom stereocenters. The summed E-state index contributed by atoms with van der Waals surface area (Å²) in [5, 5.41) is 10.2. The van der Waals surface area contributed by atoms with Crippen LogP contribution < -0.4 is 0 Å². The molecule has 0 aromatic rings. The van der Waals surface area contributed by atoms with E-state index in [4.69, 9.17) is 4.74 Å². The van der Waals surface area contributed by atoms with E-state index in [1.807, 2.05) is 14.1 Å². The lowest BCUT2D eigenvalue weighted by molar-refractivity contribution is -0.258. The molecule has 0 saturated carbocycles. The predicted octanol–water partition coefficient (Wildman–Crippen LogP) is 4.25. The minimum Gasteiger partial charge on any atom is -0.356 e. The van der Waals surface area contributed by atoms with Crippen LogP contribution in [-0.2, 0) is 4.74 Å². The van der Waals surface area contributed by atoms with Crippen LogP contribution in [-0.4, -0.2) is 36.1 Å². The normalized spacial score (nSPS) is 15.8. The van der Waals surface area contributed by atoms with Gasteiger partial charge in [0.25, 0.3) is 0 Å². The molecule has 0 saturated heterocycles. The van der Waals surface area contributed by atoms with Gasteiger partial charge in [-0.05, 0) is 44.2 Å². The molecule has 0 aliphatic heterocycles. The predicted molar refractivity (Wildman–Crippen MR) is 86.6 cm³/mol. The lowest BCUT2D eigenvalue weighted by Crippen LogP contribution is -2.46. The second-order valence-electron chi connectivity index (χ2n) is 8.82. The first-order valence-corrected chi connectivity index (χ1v) is 7.83. The van der Waals surface area contributed by atoms with Crippen molar-refractivity contribution < 1.29 is 9.84 Å². The second-order valence-corrected chi connectivity index (χ2v) is 8.82. The van der Waals surface area contributed by atoms with Gasteiger partial charge in [-0.25, -0.2) is 0 Å². The lowest BCUT2D eigenvalue weighted by Gasteiger charge is -2.44. The van der Waals surface area contributed by atoms with Crippen molar-refractivity contribution in [1.29, 1.82) is 0 Å². The number of nitrogens with zero attached hydrogens (tertiary/aromatic N) is 1. The molecule has 0 radical (unpaired) electrons. The van der Waals surface area contributed by atoms with Gasteiger partial charge < -0.3 is 9.84 Å². The molecule has 1 atom stereocenters. The summed E-state index contributed by atoms with van der Waals surface area (Å²) in [6, 6.07) is 0. The summed E-state index contributed by atoms with van der Waals surface area (Å²) in [6.45, 7) is 15.6. The van der Waals surface area contributed by atoms with Gasteiger partial charge in [0.1, 0.15) is 0 Å². The average molecular weight is 287 g/mol. The highest BCUT2D eigenvalue weighted by Gasteiger charge is 2.40. The maximum atomic E-state index is 10.2. The maximum Gasteiger partial charge on any atom is 0.216 e. The van der Waals surface area contributed by atoms with Gasteiger partial charge in [0.05, 0.1) is 5.60 Å². The molecule has 0 heterocycles. The van der Waals surface area contributed by atoms with Crippen molar-refractivity contribution in [3.63, 3.8) is 0 Å². The van der Waals surface area contributed by atoms with E-state index in [-0.39, 0.29) is 16.4 Å². The monoisotopic (exact) mass is 287 g/mol. The maximum absolute atomic E-state index is 10.2. The van der Waals surface area contributed by atoms with Crippen molar-refractivity contribution in [3.8, 4) is 0 Å². The Morgan fingerprint density at radius 3 is 1.60 bits per heavy atom. The Hall–Kier alpha value is -0.120. The minimum absolute atomic E-state index is 0.173. The van der Waals surface area contributed by atoms with E-state index in [2.05, 4.69) is 48.5 Å². The quantitative estimate of drug-likeness (QED) is 0.710. The summed E-state index contributed by atoms with van der Waals surface area (Å²) in [5.41, 5.74) is 0.0772. The molecule has 0 amide bonds. The lowest BCUT2D eigenvalue weighted by atomic mass is 9.72. The Morgan fingerprint density at radius 1 is 0.950 bits per heavy atom. The Kier molecular flexibility index (Phi) is 7.19. The molecule has 1 N–H and O–H groups in total. The van der Waals surface area contributed by atoms with Gasteiger partial charge in [0.2, 0.25) is 6.41 Å². The summed E-state index contributed by atoms with van der Waals surface area (Å²) >= 11 is 0. The smallest absolute Gasteiger partial charge is 0.216 e. The molecule has 0 aromatic heterocycles. The summed E-state index contributed by atoms with van der Waals surface area (Å²) in [5.74, 6) is 0. The van der Waals surface area contributed by atoms with Crippen LogP contribution in [0.4, 0.5) is 0 Å². The number of aliphatic hydroxyl groups excluding tert-OH is 1. The van der Waals surface area contributed by atoms with Crippen LogP contribution in [0, 0.1) is 10.8 Å². The molecule has 0 aliphatic rings. The first kappa shape index (κ1) is 19.9. The molecule has 0 spiro atoms. The Labute approximate surface area is 126 Å². The summed E-state index contributed by atoms with van der Waals surface area (Å²) < 4.78 is 6.17. The van der Waals surface area contributed by atoms with E-state index in [9.17, 15) is 5.11 Å². The summed E-state index contributed by atoms with van der Waals surface area (Å²) in [4.78, 5) is 1.72. The van der Waals surface area contributed by atoms with Crippen LogP contribution in [0.25, 0.3) is 0 Å². The third kappa shape index (κ3) is 8.23. The number of rotatable bonds is 7. The van der Waals surface area contributed by atoms with Crippen molar-refractivity contribution in [2.45, 2.75) is 86.2 Å². The van der Waals surface area contributed by atoms with E-state index in [1.165, 1.54) is 0 Å². The molecule has 0 bridgehead atoms. The zero-order valence-electron chi connectivity index (χ0n) is 15.2. The van der Waals surface area contributed by atoms with Crippen LogP contribution in [0.1, 0.15) is 74.1 Å². The fourth-order valence-corrected chi connectivity index (χ4v) is 3.10. The minimum atomic E-state index is -0.841. The Bertz CT molecular complexity index is 258. The molecular formula is C17H37NO2. The molecule has 0 fully saturated rings. The van der Waals surface area contributed by atoms with Gasteiger partial charge in [-0.3, -0.25) is 4.90 Å². The molecule has 122 valence electrons. The van der Waals surface area contributed by atoms with Crippen molar-refractivity contribution in [2.24, 2.45) is 10.8 Å². The second kappa shape index (κ2) is 7.24. The number of ether oxygens (including phenoxy) is 1. The third-order valence-electron chi connectivity index (χ3n) is 3.21. The average Bonchev–Trinajstić information content (AvgIpc) is 2.10. The zero-order chi connectivity index (χ0) is 16.2. The fourth-order valence-electron chi connectivity index (χ4n) is 3.10. The van der Waals surface area contributed by atoms with E-state index in [0.29, 0.717) is 0 Å². The Morgan fingerprint density at radius 2 is 1.35 bits per heavy atom. The van der Waals surface area contributed by atoms with Crippen molar-refractivity contribution in [3.05, 3.63) is 0 Å². The molecule has 0 rings (SSSR count). The third-order valence-corrected chi connectivity index (χ3v) is 3.21. The van der Waals surface area contributed by atoms with E-state index >= 15 is 0 Å². The first-order chi connectivity index (χ1) is 8.80. The van der Waals surface area contributed by atoms with Crippen LogP contribution in [0.15, 0.2) is 0 Å². The van der Waals surface area contributed by atoms with Gasteiger partial charge in [-0.15, -0.1) is 0 Å². The molecule has 0 aliphatic carbocycles. The molecule has 3 nitrogen and oxygen atoms in total.